The number of methoxy groups -OCH3 is 2. The number of nitrogens with zero attached hydrogens (tertiary/aromatic N) is 2. The van der Waals surface area contributed by atoms with E-state index in [0.717, 1.165) is 36.7 Å². The van der Waals surface area contributed by atoms with Crippen LogP contribution >= 0.6 is 0 Å². The molecular weight excluding hydrogens is 359 g/mol. The lowest BCUT2D eigenvalue weighted by atomic mass is 10.1. The monoisotopic (exact) mass is 384 g/mol. The Hall–Kier alpha value is -2.86. The molecule has 0 saturated carbocycles. The Morgan fingerprint density at radius 2 is 1.86 bits per heavy atom. The molecule has 3 rings (SSSR count). The molecule has 0 atom stereocenters. The Labute approximate surface area is 165 Å². The number of ether oxygens (including phenoxy) is 2. The van der Waals surface area contributed by atoms with Crippen molar-refractivity contribution in [3.8, 4) is 11.5 Å². The topological polar surface area (TPSA) is 42.0 Å². The Morgan fingerprint density at radius 3 is 2.54 bits per heavy atom. The Morgan fingerprint density at radius 1 is 1.07 bits per heavy atom. The fraction of sp³-hybridized carbons (Fsp3) is 0.318. The molecule has 1 saturated heterocycles. The van der Waals surface area contributed by atoms with E-state index >= 15 is 0 Å². The molecule has 6 heteroatoms. The summed E-state index contributed by atoms with van der Waals surface area (Å²) in [4.78, 5) is 16.5. The molecule has 0 radical (unpaired) electrons. The number of benzene rings is 2. The van der Waals surface area contributed by atoms with Gasteiger partial charge in [-0.2, -0.15) is 0 Å². The first kappa shape index (κ1) is 19.9. The zero-order valence-electron chi connectivity index (χ0n) is 16.2. The zero-order valence-corrected chi connectivity index (χ0v) is 16.2. The van der Waals surface area contributed by atoms with Crippen LogP contribution in [-0.4, -0.2) is 56.1 Å². The first-order chi connectivity index (χ1) is 13.6. The highest BCUT2D eigenvalue weighted by Crippen LogP contribution is 2.25. The van der Waals surface area contributed by atoms with Crippen LogP contribution in [0.3, 0.4) is 0 Å². The molecule has 28 heavy (non-hydrogen) atoms. The minimum atomic E-state index is -0.309. The van der Waals surface area contributed by atoms with Gasteiger partial charge in [-0.05, 0) is 42.0 Å². The van der Waals surface area contributed by atoms with E-state index in [4.69, 9.17) is 9.47 Å². The van der Waals surface area contributed by atoms with Gasteiger partial charge >= 0.3 is 0 Å². The fourth-order valence-electron chi connectivity index (χ4n) is 3.26. The lowest BCUT2D eigenvalue weighted by molar-refractivity contribution is -0.127. The van der Waals surface area contributed by atoms with E-state index in [0.29, 0.717) is 18.7 Å². The summed E-state index contributed by atoms with van der Waals surface area (Å²) in [6.07, 6.45) is 3.16. The highest BCUT2D eigenvalue weighted by atomic mass is 19.1. The van der Waals surface area contributed by atoms with Crippen LogP contribution in [0.25, 0.3) is 6.08 Å². The SMILES string of the molecule is COc1ccc(OC)c(CN2CCN(C(=O)/C=C/c3cccc(F)c3)CC2)c1. The van der Waals surface area contributed by atoms with Crippen molar-refractivity contribution in [2.75, 3.05) is 40.4 Å². The molecule has 0 bridgehead atoms. The Balaban J connectivity index is 1.55. The summed E-state index contributed by atoms with van der Waals surface area (Å²) in [5.41, 5.74) is 1.74. The van der Waals surface area contributed by atoms with Gasteiger partial charge in [-0.1, -0.05) is 12.1 Å². The maximum atomic E-state index is 13.2. The predicted molar refractivity (Wildman–Crippen MR) is 107 cm³/mol. The van der Waals surface area contributed by atoms with E-state index in [1.807, 2.05) is 23.1 Å². The third-order valence-electron chi connectivity index (χ3n) is 4.83. The van der Waals surface area contributed by atoms with Crippen molar-refractivity contribution in [3.63, 3.8) is 0 Å². The summed E-state index contributed by atoms with van der Waals surface area (Å²) < 4.78 is 24.0. The van der Waals surface area contributed by atoms with Gasteiger partial charge in [-0.25, -0.2) is 4.39 Å². The predicted octanol–water partition coefficient (Wildman–Crippen LogP) is 3.20. The van der Waals surface area contributed by atoms with Gasteiger partial charge in [-0.15, -0.1) is 0 Å². The van der Waals surface area contributed by atoms with Crippen molar-refractivity contribution in [2.24, 2.45) is 0 Å². The number of carbonyl (C=O) groups is 1. The third kappa shape index (κ3) is 5.10. The molecular formula is C22H25FN2O3. The molecule has 2 aromatic rings. The fourth-order valence-corrected chi connectivity index (χ4v) is 3.26. The average molecular weight is 384 g/mol. The van der Waals surface area contributed by atoms with Crippen molar-refractivity contribution in [1.82, 2.24) is 9.80 Å². The molecule has 2 aromatic carbocycles. The Kier molecular flexibility index (Phi) is 6.66. The zero-order chi connectivity index (χ0) is 19.9. The van der Waals surface area contributed by atoms with E-state index < -0.39 is 0 Å². The highest BCUT2D eigenvalue weighted by Gasteiger charge is 2.20. The number of hydrogen-bond acceptors (Lipinski definition) is 4. The van der Waals surface area contributed by atoms with E-state index in [9.17, 15) is 9.18 Å². The van der Waals surface area contributed by atoms with Crippen molar-refractivity contribution < 1.29 is 18.7 Å². The van der Waals surface area contributed by atoms with Crippen LogP contribution in [0.5, 0.6) is 11.5 Å². The summed E-state index contributed by atoms with van der Waals surface area (Å²) in [5.74, 6) is 1.27. The maximum absolute atomic E-state index is 13.2. The molecule has 1 heterocycles. The first-order valence-corrected chi connectivity index (χ1v) is 9.25. The molecule has 0 aromatic heterocycles. The molecule has 0 spiro atoms. The van der Waals surface area contributed by atoms with Crippen molar-refractivity contribution in [2.45, 2.75) is 6.54 Å². The maximum Gasteiger partial charge on any atom is 0.246 e. The number of amides is 1. The van der Waals surface area contributed by atoms with Crippen LogP contribution in [0.2, 0.25) is 0 Å². The lowest BCUT2D eigenvalue weighted by Crippen LogP contribution is -2.47. The Bertz CT molecular complexity index is 845. The van der Waals surface area contributed by atoms with Gasteiger partial charge < -0.3 is 14.4 Å². The minimum Gasteiger partial charge on any atom is -0.497 e. The number of halogens is 1. The second kappa shape index (κ2) is 9.37. The van der Waals surface area contributed by atoms with Crippen LogP contribution in [-0.2, 0) is 11.3 Å². The molecule has 0 N–H and O–H groups in total. The van der Waals surface area contributed by atoms with Crippen LogP contribution in [0.4, 0.5) is 4.39 Å². The first-order valence-electron chi connectivity index (χ1n) is 9.25. The molecule has 0 aliphatic carbocycles. The number of rotatable bonds is 6. The molecule has 0 unspecified atom stereocenters. The summed E-state index contributed by atoms with van der Waals surface area (Å²) in [5, 5.41) is 0. The van der Waals surface area contributed by atoms with Crippen molar-refractivity contribution in [1.29, 1.82) is 0 Å². The lowest BCUT2D eigenvalue weighted by Gasteiger charge is -2.34. The normalized spacial score (nSPS) is 15.0. The van der Waals surface area contributed by atoms with Crippen LogP contribution in [0, 0.1) is 5.82 Å². The van der Waals surface area contributed by atoms with Crippen LogP contribution in [0.1, 0.15) is 11.1 Å². The quantitative estimate of drug-likeness (QED) is 0.718. The van der Waals surface area contributed by atoms with Gasteiger partial charge in [-0.3, -0.25) is 9.69 Å². The van der Waals surface area contributed by atoms with E-state index in [1.54, 1.807) is 32.4 Å². The van der Waals surface area contributed by atoms with Crippen LogP contribution < -0.4 is 9.47 Å². The molecule has 1 aliphatic heterocycles. The van der Waals surface area contributed by atoms with Gasteiger partial charge in [0.1, 0.15) is 17.3 Å². The summed E-state index contributed by atoms with van der Waals surface area (Å²) >= 11 is 0. The standard InChI is InChI=1S/C22H25FN2O3/c1-27-20-7-8-21(28-2)18(15-20)16-24-10-12-25(13-11-24)22(26)9-6-17-4-3-5-19(23)14-17/h3-9,14-15H,10-13,16H2,1-2H3/b9-6+. The average Bonchev–Trinajstić information content (AvgIpc) is 2.72. The smallest absolute Gasteiger partial charge is 0.246 e. The van der Waals surface area contributed by atoms with Crippen molar-refractivity contribution in [3.05, 3.63) is 65.5 Å². The minimum absolute atomic E-state index is 0.0529. The highest BCUT2D eigenvalue weighted by molar-refractivity contribution is 5.91. The molecule has 148 valence electrons. The van der Waals surface area contributed by atoms with Crippen molar-refractivity contribution >= 4 is 12.0 Å². The van der Waals surface area contributed by atoms with Gasteiger partial charge in [0, 0.05) is 44.4 Å². The van der Waals surface area contributed by atoms with Crippen LogP contribution in [0.15, 0.2) is 48.5 Å². The van der Waals surface area contributed by atoms with Gasteiger partial charge in [0.25, 0.3) is 0 Å². The number of hydrogen-bond donors (Lipinski definition) is 0. The molecule has 5 nitrogen and oxygen atoms in total. The van der Waals surface area contributed by atoms with E-state index in [1.165, 1.54) is 18.2 Å². The second-order valence-electron chi connectivity index (χ2n) is 6.67. The molecule has 1 aliphatic rings. The number of piperazine rings is 1. The molecule has 1 amide bonds. The van der Waals surface area contributed by atoms with E-state index in [2.05, 4.69) is 4.90 Å². The number of carbonyl (C=O) groups excluding carboxylic acids is 1. The summed E-state index contributed by atoms with van der Waals surface area (Å²) in [7, 11) is 3.31. The summed E-state index contributed by atoms with van der Waals surface area (Å²) in [6, 6.07) is 12.0. The van der Waals surface area contributed by atoms with E-state index in [-0.39, 0.29) is 11.7 Å². The molecule has 1 fully saturated rings. The third-order valence-corrected chi connectivity index (χ3v) is 4.83. The van der Waals surface area contributed by atoms with Gasteiger partial charge in [0.05, 0.1) is 14.2 Å². The largest absolute Gasteiger partial charge is 0.497 e. The van der Waals surface area contributed by atoms with Gasteiger partial charge in [0.2, 0.25) is 5.91 Å². The summed E-state index contributed by atoms with van der Waals surface area (Å²) in [6.45, 7) is 3.60. The second-order valence-corrected chi connectivity index (χ2v) is 6.67. The van der Waals surface area contributed by atoms with Gasteiger partial charge in [0.15, 0.2) is 0 Å².